The van der Waals surface area contributed by atoms with Crippen LogP contribution in [-0.4, -0.2) is 50.9 Å². The summed E-state index contributed by atoms with van der Waals surface area (Å²) in [7, 11) is -2.72. The van der Waals surface area contributed by atoms with E-state index >= 15 is 0 Å². The molecule has 230 valence electrons. The molecular weight excluding hydrogens is 609 g/mol. The molecule has 1 atom stereocenters. The second-order valence-electron chi connectivity index (χ2n) is 10.8. The van der Waals surface area contributed by atoms with Crippen molar-refractivity contribution in [1.82, 2.24) is 10.2 Å². The Labute approximate surface area is 264 Å². The first-order valence-electron chi connectivity index (χ1n) is 14.3. The minimum Gasteiger partial charge on any atom is -0.497 e. The molecule has 0 heterocycles. The number of hydrogen-bond donors (Lipinski definition) is 1. The molecule has 1 aliphatic rings. The third-order valence-corrected chi connectivity index (χ3v) is 10.00. The molecule has 43 heavy (non-hydrogen) atoms. The summed E-state index contributed by atoms with van der Waals surface area (Å²) < 4.78 is 34.4. The van der Waals surface area contributed by atoms with Gasteiger partial charge in [-0.05, 0) is 74.7 Å². The van der Waals surface area contributed by atoms with E-state index in [1.165, 1.54) is 29.2 Å². The summed E-state index contributed by atoms with van der Waals surface area (Å²) in [5, 5.41) is 3.46. The number of carbonyl (C=O) groups excluding carboxylic acids is 2. The highest BCUT2D eigenvalue weighted by atomic mass is 35.5. The van der Waals surface area contributed by atoms with Gasteiger partial charge in [0.1, 0.15) is 18.3 Å². The number of carbonyl (C=O) groups is 2. The topological polar surface area (TPSA) is 96.0 Å². The predicted molar refractivity (Wildman–Crippen MR) is 170 cm³/mol. The highest BCUT2D eigenvalue weighted by Crippen LogP contribution is 2.33. The molecule has 11 heteroatoms. The SMILES string of the molecule is COc1cccc(CN(C(=O)CN(c2cc(Cl)ccc2Cl)S(=O)(=O)c2ccc(C)cc2)C(C)C(=O)NC2CCCCC2)c1. The molecule has 1 fully saturated rings. The predicted octanol–water partition coefficient (Wildman–Crippen LogP) is 6.37. The number of amides is 2. The molecule has 1 N–H and O–H groups in total. The van der Waals surface area contributed by atoms with Gasteiger partial charge in [0.15, 0.2) is 0 Å². The molecular formula is C32H37Cl2N3O5S. The first-order chi connectivity index (χ1) is 20.5. The number of ether oxygens (including phenoxy) is 1. The van der Waals surface area contributed by atoms with Gasteiger partial charge in [0, 0.05) is 17.6 Å². The third-order valence-electron chi connectivity index (χ3n) is 7.67. The Morgan fingerprint density at radius 1 is 1.00 bits per heavy atom. The number of anilines is 1. The van der Waals surface area contributed by atoms with Crippen LogP contribution in [-0.2, 0) is 26.2 Å². The number of hydrogen-bond acceptors (Lipinski definition) is 5. The van der Waals surface area contributed by atoms with Crippen LogP contribution < -0.4 is 14.4 Å². The number of sulfonamides is 1. The molecule has 3 aromatic carbocycles. The van der Waals surface area contributed by atoms with Gasteiger partial charge >= 0.3 is 0 Å². The number of nitrogens with one attached hydrogen (secondary N) is 1. The van der Waals surface area contributed by atoms with Crippen molar-refractivity contribution in [2.24, 2.45) is 0 Å². The Morgan fingerprint density at radius 3 is 2.37 bits per heavy atom. The number of halogens is 2. The van der Waals surface area contributed by atoms with Gasteiger partial charge in [-0.1, -0.05) is 72.3 Å². The average Bonchev–Trinajstić information content (AvgIpc) is 3.00. The van der Waals surface area contributed by atoms with Crippen LogP contribution in [0, 0.1) is 6.92 Å². The summed E-state index contributed by atoms with van der Waals surface area (Å²) in [4.78, 5) is 29.0. The summed E-state index contributed by atoms with van der Waals surface area (Å²) >= 11 is 12.7. The molecule has 0 saturated heterocycles. The molecule has 0 aromatic heterocycles. The van der Waals surface area contributed by atoms with Crippen molar-refractivity contribution in [2.75, 3.05) is 18.0 Å². The quantitative estimate of drug-likeness (QED) is 0.261. The van der Waals surface area contributed by atoms with Crippen molar-refractivity contribution in [1.29, 1.82) is 0 Å². The lowest BCUT2D eigenvalue weighted by atomic mass is 9.95. The monoisotopic (exact) mass is 645 g/mol. The van der Waals surface area contributed by atoms with Crippen molar-refractivity contribution in [3.8, 4) is 5.75 Å². The van der Waals surface area contributed by atoms with E-state index in [4.69, 9.17) is 27.9 Å². The van der Waals surface area contributed by atoms with E-state index in [-0.39, 0.29) is 39.1 Å². The van der Waals surface area contributed by atoms with E-state index in [0.717, 1.165) is 47.5 Å². The van der Waals surface area contributed by atoms with Gasteiger partial charge in [0.25, 0.3) is 10.0 Å². The van der Waals surface area contributed by atoms with Crippen LogP contribution in [0.2, 0.25) is 10.0 Å². The van der Waals surface area contributed by atoms with Crippen LogP contribution in [0.25, 0.3) is 0 Å². The molecule has 0 aliphatic heterocycles. The lowest BCUT2D eigenvalue weighted by Crippen LogP contribution is -2.53. The highest BCUT2D eigenvalue weighted by Gasteiger charge is 2.34. The Morgan fingerprint density at radius 2 is 1.70 bits per heavy atom. The van der Waals surface area contributed by atoms with Crippen LogP contribution >= 0.6 is 23.2 Å². The Bertz CT molecular complexity index is 1540. The van der Waals surface area contributed by atoms with E-state index in [2.05, 4.69) is 5.32 Å². The Kier molecular flexibility index (Phi) is 11.0. The molecule has 0 spiro atoms. The fraction of sp³-hybridized carbons (Fsp3) is 0.375. The fourth-order valence-corrected chi connectivity index (χ4v) is 7.01. The number of methoxy groups -OCH3 is 1. The number of rotatable bonds is 11. The average molecular weight is 647 g/mol. The maximum Gasteiger partial charge on any atom is 0.264 e. The minimum absolute atomic E-state index is 0.00984. The van der Waals surface area contributed by atoms with Crippen LogP contribution in [0.3, 0.4) is 0 Å². The summed E-state index contributed by atoms with van der Waals surface area (Å²) in [6.45, 7) is 2.95. The van der Waals surface area contributed by atoms with Crippen molar-refractivity contribution >= 4 is 50.7 Å². The molecule has 0 bridgehead atoms. The largest absolute Gasteiger partial charge is 0.497 e. The van der Waals surface area contributed by atoms with Gasteiger partial charge in [-0.15, -0.1) is 0 Å². The summed E-state index contributed by atoms with van der Waals surface area (Å²) in [5.74, 6) is -0.281. The summed E-state index contributed by atoms with van der Waals surface area (Å²) in [6, 6.07) is 17.1. The second-order valence-corrected chi connectivity index (χ2v) is 13.5. The molecule has 1 aliphatic carbocycles. The number of nitrogens with zero attached hydrogens (tertiary/aromatic N) is 2. The highest BCUT2D eigenvalue weighted by molar-refractivity contribution is 7.92. The van der Waals surface area contributed by atoms with Gasteiger partial charge in [0.2, 0.25) is 11.8 Å². The van der Waals surface area contributed by atoms with E-state index in [0.29, 0.717) is 5.75 Å². The first kappa shape index (κ1) is 32.6. The maximum atomic E-state index is 14.2. The van der Waals surface area contributed by atoms with Crippen LogP contribution in [0.5, 0.6) is 5.75 Å². The normalized spacial score (nSPS) is 14.5. The molecule has 1 saturated carbocycles. The van der Waals surface area contributed by atoms with Gasteiger partial charge in [-0.3, -0.25) is 13.9 Å². The van der Waals surface area contributed by atoms with Crippen molar-refractivity contribution in [2.45, 2.75) is 69.5 Å². The molecule has 0 radical (unpaired) electrons. The zero-order valence-electron chi connectivity index (χ0n) is 24.6. The first-order valence-corrected chi connectivity index (χ1v) is 16.5. The Balaban J connectivity index is 1.71. The van der Waals surface area contributed by atoms with E-state index in [1.54, 1.807) is 50.4 Å². The van der Waals surface area contributed by atoms with Crippen LogP contribution in [0.15, 0.2) is 71.6 Å². The van der Waals surface area contributed by atoms with E-state index < -0.39 is 28.5 Å². The zero-order valence-corrected chi connectivity index (χ0v) is 26.9. The molecule has 2 amide bonds. The number of benzene rings is 3. The van der Waals surface area contributed by atoms with Crippen molar-refractivity contribution < 1.29 is 22.7 Å². The lowest BCUT2D eigenvalue weighted by Gasteiger charge is -2.33. The van der Waals surface area contributed by atoms with Gasteiger partial charge in [-0.2, -0.15) is 0 Å². The van der Waals surface area contributed by atoms with Gasteiger partial charge in [0.05, 0.1) is 22.7 Å². The summed E-state index contributed by atoms with van der Waals surface area (Å²) in [5.41, 5.74) is 1.66. The second kappa shape index (κ2) is 14.5. The van der Waals surface area contributed by atoms with Crippen LogP contribution in [0.4, 0.5) is 5.69 Å². The zero-order chi connectivity index (χ0) is 31.1. The lowest BCUT2D eigenvalue weighted by molar-refractivity contribution is -0.139. The van der Waals surface area contributed by atoms with E-state index in [9.17, 15) is 18.0 Å². The van der Waals surface area contributed by atoms with Gasteiger partial charge in [-0.25, -0.2) is 8.42 Å². The third kappa shape index (κ3) is 8.22. The van der Waals surface area contributed by atoms with E-state index in [1.807, 2.05) is 13.0 Å². The smallest absolute Gasteiger partial charge is 0.264 e. The molecule has 3 aromatic rings. The van der Waals surface area contributed by atoms with Crippen LogP contribution in [0.1, 0.15) is 50.2 Å². The van der Waals surface area contributed by atoms with Crippen molar-refractivity contribution in [3.05, 3.63) is 87.9 Å². The Hall–Kier alpha value is -3.27. The summed E-state index contributed by atoms with van der Waals surface area (Å²) in [6.07, 6.45) is 4.99. The number of aryl methyl sites for hydroxylation is 1. The minimum atomic E-state index is -4.27. The standard InChI is InChI=1S/C32H37Cl2N3O5S/c1-22-12-15-28(16-13-22)43(40,41)37(30-19-25(33)14-17-29(30)34)21-31(38)36(20-24-8-7-11-27(18-24)42-3)23(2)32(39)35-26-9-5-4-6-10-26/h7-8,11-19,23,26H,4-6,9-10,20-21H2,1-3H3,(H,35,39). The van der Waals surface area contributed by atoms with Crippen molar-refractivity contribution in [3.63, 3.8) is 0 Å². The molecule has 1 unspecified atom stereocenters. The molecule has 4 rings (SSSR count). The van der Waals surface area contributed by atoms with Gasteiger partial charge < -0.3 is 15.0 Å². The fourth-order valence-electron chi connectivity index (χ4n) is 5.15. The molecule has 8 nitrogen and oxygen atoms in total. The maximum absolute atomic E-state index is 14.2.